The molecule has 0 aromatic heterocycles. The second-order valence-electron chi connectivity index (χ2n) is 7.72. The smallest absolute Gasteiger partial charge is 0.237 e. The highest BCUT2D eigenvalue weighted by Gasteiger charge is 2.30. The molecule has 158 valence electrons. The van der Waals surface area contributed by atoms with Crippen molar-refractivity contribution < 1.29 is 13.6 Å². The topological polar surface area (TPSA) is 47.9 Å². The SMILES string of the molecule is CCN(CC)C1CCN(c2ccc(N=CC3C(=O)Nc4ccc(F)cc43)cc2F)C1. The molecule has 2 aliphatic heterocycles. The van der Waals surface area contributed by atoms with Crippen LogP contribution in [0, 0.1) is 11.6 Å². The van der Waals surface area contributed by atoms with E-state index in [9.17, 15) is 13.6 Å². The fourth-order valence-corrected chi connectivity index (χ4v) is 4.40. The van der Waals surface area contributed by atoms with Crippen LogP contribution in [-0.4, -0.2) is 49.2 Å². The van der Waals surface area contributed by atoms with Crippen LogP contribution < -0.4 is 10.2 Å². The lowest BCUT2D eigenvalue weighted by molar-refractivity contribution is -0.115. The zero-order chi connectivity index (χ0) is 21.3. The molecule has 0 radical (unpaired) electrons. The van der Waals surface area contributed by atoms with Gasteiger partial charge in [0.05, 0.1) is 11.4 Å². The maximum absolute atomic E-state index is 14.8. The van der Waals surface area contributed by atoms with Gasteiger partial charge < -0.3 is 10.2 Å². The molecule has 2 aliphatic rings. The number of carbonyl (C=O) groups excluding carboxylic acids is 1. The second-order valence-corrected chi connectivity index (χ2v) is 7.72. The van der Waals surface area contributed by atoms with Crippen LogP contribution in [0.1, 0.15) is 31.7 Å². The number of aliphatic imine (C=N–C) groups is 1. The molecule has 7 heteroatoms. The third kappa shape index (κ3) is 3.94. The summed E-state index contributed by atoms with van der Waals surface area (Å²) in [5.74, 6) is -1.69. The van der Waals surface area contributed by atoms with Crippen molar-refractivity contribution in [2.24, 2.45) is 4.99 Å². The second kappa shape index (κ2) is 8.52. The molecule has 2 heterocycles. The van der Waals surface area contributed by atoms with E-state index in [2.05, 4.69) is 34.0 Å². The Bertz CT molecular complexity index is 974. The number of nitrogens with one attached hydrogen (secondary N) is 1. The Morgan fingerprint density at radius 1 is 1.20 bits per heavy atom. The maximum atomic E-state index is 14.8. The minimum atomic E-state index is -0.688. The van der Waals surface area contributed by atoms with Crippen molar-refractivity contribution in [3.05, 3.63) is 53.6 Å². The van der Waals surface area contributed by atoms with Gasteiger partial charge in [-0.2, -0.15) is 0 Å². The highest BCUT2D eigenvalue weighted by Crippen LogP contribution is 2.33. The number of anilines is 2. The van der Waals surface area contributed by atoms with Crippen molar-refractivity contribution in [1.29, 1.82) is 0 Å². The summed E-state index contributed by atoms with van der Waals surface area (Å²) in [5, 5.41) is 2.71. The van der Waals surface area contributed by atoms with Gasteiger partial charge in [-0.3, -0.25) is 14.7 Å². The van der Waals surface area contributed by atoms with Crippen LogP contribution in [0.3, 0.4) is 0 Å². The Morgan fingerprint density at radius 3 is 2.73 bits per heavy atom. The lowest BCUT2D eigenvalue weighted by atomic mass is 10.0. The van der Waals surface area contributed by atoms with E-state index < -0.39 is 11.7 Å². The molecule has 0 spiro atoms. The first-order valence-corrected chi connectivity index (χ1v) is 10.4. The number of fused-ring (bicyclic) bond motifs is 1. The lowest BCUT2D eigenvalue weighted by Crippen LogP contribution is -2.37. The average Bonchev–Trinajstić information content (AvgIpc) is 3.32. The molecule has 5 nitrogen and oxygen atoms in total. The summed E-state index contributed by atoms with van der Waals surface area (Å²) in [6.45, 7) is 7.92. The van der Waals surface area contributed by atoms with Crippen molar-refractivity contribution >= 4 is 29.2 Å². The van der Waals surface area contributed by atoms with Crippen molar-refractivity contribution in [3.8, 4) is 0 Å². The molecule has 0 bridgehead atoms. The van der Waals surface area contributed by atoms with E-state index in [0.29, 0.717) is 28.7 Å². The molecule has 2 atom stereocenters. The first-order chi connectivity index (χ1) is 14.5. The molecule has 2 aromatic rings. The van der Waals surface area contributed by atoms with Crippen LogP contribution in [0.15, 0.2) is 41.4 Å². The molecule has 1 saturated heterocycles. The number of carbonyl (C=O) groups is 1. The molecule has 1 amide bonds. The van der Waals surface area contributed by atoms with E-state index in [1.165, 1.54) is 30.5 Å². The van der Waals surface area contributed by atoms with Gasteiger partial charge in [0.2, 0.25) is 5.91 Å². The van der Waals surface area contributed by atoms with Crippen molar-refractivity contribution in [3.63, 3.8) is 0 Å². The van der Waals surface area contributed by atoms with Gasteiger partial charge in [-0.25, -0.2) is 8.78 Å². The molecule has 2 aromatic carbocycles. The molecule has 1 fully saturated rings. The Morgan fingerprint density at radius 2 is 2.00 bits per heavy atom. The summed E-state index contributed by atoms with van der Waals surface area (Å²) in [7, 11) is 0. The van der Waals surface area contributed by atoms with E-state index in [0.717, 1.165) is 32.6 Å². The summed E-state index contributed by atoms with van der Waals surface area (Å²) in [5.41, 5.74) is 2.12. The van der Waals surface area contributed by atoms with Crippen LogP contribution >= 0.6 is 0 Å². The summed E-state index contributed by atoms with van der Waals surface area (Å²) < 4.78 is 28.4. The Labute approximate surface area is 175 Å². The molecule has 1 N–H and O–H groups in total. The first kappa shape index (κ1) is 20.5. The maximum Gasteiger partial charge on any atom is 0.237 e. The van der Waals surface area contributed by atoms with Gasteiger partial charge in [0.1, 0.15) is 17.6 Å². The van der Waals surface area contributed by atoms with Gasteiger partial charge in [0.15, 0.2) is 0 Å². The molecule has 0 saturated carbocycles. The Kier molecular flexibility index (Phi) is 5.81. The predicted molar refractivity (Wildman–Crippen MR) is 116 cm³/mol. The van der Waals surface area contributed by atoms with Crippen LogP contribution in [-0.2, 0) is 4.79 Å². The van der Waals surface area contributed by atoms with E-state index in [1.54, 1.807) is 12.1 Å². The largest absolute Gasteiger partial charge is 0.368 e. The third-order valence-corrected chi connectivity index (χ3v) is 6.03. The highest BCUT2D eigenvalue weighted by molar-refractivity contribution is 6.12. The fourth-order valence-electron chi connectivity index (χ4n) is 4.40. The highest BCUT2D eigenvalue weighted by atomic mass is 19.1. The minimum Gasteiger partial charge on any atom is -0.368 e. The summed E-state index contributed by atoms with van der Waals surface area (Å²) in [6, 6.07) is 9.48. The normalized spacial score (nSPS) is 21.0. The summed E-state index contributed by atoms with van der Waals surface area (Å²) in [6.07, 6.45) is 2.47. The average molecular weight is 412 g/mol. The standard InChI is InChI=1S/C23H26F2N4O/c1-3-28(4-2)17-9-10-29(14-17)22-8-6-16(12-20(22)25)26-13-19-18-11-15(24)5-7-21(18)27-23(19)30/h5-8,11-13,17,19H,3-4,9-10,14H2,1-2H3,(H,27,30). The van der Waals surface area contributed by atoms with Gasteiger partial charge in [-0.1, -0.05) is 13.8 Å². The molecule has 0 aliphatic carbocycles. The molecule has 30 heavy (non-hydrogen) atoms. The van der Waals surface area contributed by atoms with E-state index in [1.807, 2.05) is 0 Å². The Hall–Kier alpha value is -2.80. The molecule has 4 rings (SSSR count). The fraction of sp³-hybridized carbons (Fsp3) is 0.391. The Balaban J connectivity index is 1.48. The number of halogens is 2. The number of amides is 1. The van der Waals surface area contributed by atoms with Gasteiger partial charge in [0, 0.05) is 37.1 Å². The predicted octanol–water partition coefficient (Wildman–Crippen LogP) is 4.32. The molecular formula is C23H26F2N4O. The van der Waals surface area contributed by atoms with Crippen LogP contribution in [0.25, 0.3) is 0 Å². The van der Waals surface area contributed by atoms with Crippen LogP contribution in [0.2, 0.25) is 0 Å². The number of rotatable bonds is 6. The first-order valence-electron chi connectivity index (χ1n) is 10.4. The zero-order valence-corrected chi connectivity index (χ0v) is 17.2. The summed E-state index contributed by atoms with van der Waals surface area (Å²) >= 11 is 0. The number of hydrogen-bond donors (Lipinski definition) is 1. The van der Waals surface area contributed by atoms with E-state index in [-0.39, 0.29) is 11.7 Å². The van der Waals surface area contributed by atoms with E-state index in [4.69, 9.17) is 0 Å². The van der Waals surface area contributed by atoms with Crippen LogP contribution in [0.5, 0.6) is 0 Å². The summed E-state index contributed by atoms with van der Waals surface area (Å²) in [4.78, 5) is 21.0. The van der Waals surface area contributed by atoms with Gasteiger partial charge >= 0.3 is 0 Å². The number of likely N-dealkylation sites (N-methyl/N-ethyl adjacent to an activating group) is 1. The monoisotopic (exact) mass is 412 g/mol. The quantitative estimate of drug-likeness (QED) is 0.719. The van der Waals surface area contributed by atoms with Crippen molar-refractivity contribution in [1.82, 2.24) is 4.90 Å². The molecule has 2 unspecified atom stereocenters. The van der Waals surface area contributed by atoms with Crippen molar-refractivity contribution in [2.45, 2.75) is 32.2 Å². The number of nitrogens with zero attached hydrogens (tertiary/aromatic N) is 3. The van der Waals surface area contributed by atoms with Crippen molar-refractivity contribution in [2.75, 3.05) is 36.4 Å². The lowest BCUT2D eigenvalue weighted by Gasteiger charge is -2.26. The van der Waals surface area contributed by atoms with Gasteiger partial charge in [0.25, 0.3) is 0 Å². The van der Waals surface area contributed by atoms with Gasteiger partial charge in [-0.15, -0.1) is 0 Å². The number of benzene rings is 2. The van der Waals surface area contributed by atoms with Gasteiger partial charge in [-0.05, 0) is 55.4 Å². The third-order valence-electron chi connectivity index (χ3n) is 6.03. The minimum absolute atomic E-state index is 0.268. The van der Waals surface area contributed by atoms with Crippen LogP contribution in [0.4, 0.5) is 25.8 Å². The zero-order valence-electron chi connectivity index (χ0n) is 17.2. The number of hydrogen-bond acceptors (Lipinski definition) is 4. The molecular weight excluding hydrogens is 386 g/mol. The van der Waals surface area contributed by atoms with E-state index >= 15 is 0 Å².